The number of aromatic nitrogens is 1. The molecule has 0 spiro atoms. The first-order valence-corrected chi connectivity index (χ1v) is 9.46. The maximum absolute atomic E-state index is 12.9. The van der Waals surface area contributed by atoms with E-state index < -0.39 is 0 Å². The number of hydrogen-bond donors (Lipinski definition) is 0. The van der Waals surface area contributed by atoms with Crippen LogP contribution in [0.2, 0.25) is 0 Å². The van der Waals surface area contributed by atoms with Crippen molar-refractivity contribution in [3.8, 4) is 0 Å². The summed E-state index contributed by atoms with van der Waals surface area (Å²) in [5, 5.41) is 0. The normalized spacial score (nSPS) is 24.3. The Balaban J connectivity index is 1.31. The highest BCUT2D eigenvalue weighted by atomic mass is 16.2. The van der Waals surface area contributed by atoms with Crippen molar-refractivity contribution in [2.45, 2.75) is 25.7 Å². The molecule has 134 valence electrons. The summed E-state index contributed by atoms with van der Waals surface area (Å²) in [6, 6.07) is 5.92. The van der Waals surface area contributed by atoms with Crippen molar-refractivity contribution >= 4 is 17.6 Å². The number of rotatable bonds is 3. The number of anilines is 1. The number of amides is 2. The molecule has 2 saturated heterocycles. The molecule has 1 aromatic heterocycles. The van der Waals surface area contributed by atoms with E-state index in [9.17, 15) is 9.59 Å². The molecule has 0 bridgehead atoms. The van der Waals surface area contributed by atoms with Gasteiger partial charge in [-0.25, -0.2) is 4.98 Å². The zero-order valence-electron chi connectivity index (χ0n) is 14.6. The maximum atomic E-state index is 12.9. The molecule has 1 aliphatic carbocycles. The van der Waals surface area contributed by atoms with Gasteiger partial charge in [-0.15, -0.1) is 0 Å². The summed E-state index contributed by atoms with van der Waals surface area (Å²) in [4.78, 5) is 35.7. The first-order valence-electron chi connectivity index (χ1n) is 9.46. The third-order valence-corrected chi connectivity index (χ3v) is 5.57. The van der Waals surface area contributed by atoms with Crippen molar-refractivity contribution in [3.63, 3.8) is 0 Å². The highest BCUT2D eigenvalue weighted by Gasteiger charge is 2.38. The van der Waals surface area contributed by atoms with Crippen molar-refractivity contribution in [1.82, 2.24) is 14.8 Å². The molecule has 0 aromatic carbocycles. The average molecular weight is 342 g/mol. The summed E-state index contributed by atoms with van der Waals surface area (Å²) in [7, 11) is 0. The van der Waals surface area contributed by atoms with Crippen LogP contribution < -0.4 is 4.90 Å². The van der Waals surface area contributed by atoms with Crippen LogP contribution in [-0.2, 0) is 9.59 Å². The minimum atomic E-state index is -0.0159. The minimum Gasteiger partial charge on any atom is -0.353 e. The van der Waals surface area contributed by atoms with Gasteiger partial charge in [0.05, 0.1) is 5.92 Å². The van der Waals surface area contributed by atoms with Crippen LogP contribution in [0.25, 0.3) is 0 Å². The van der Waals surface area contributed by atoms with Gasteiger partial charge in [-0.1, -0.05) is 6.07 Å². The molecule has 3 aliphatic rings. The lowest BCUT2D eigenvalue weighted by Gasteiger charge is -2.39. The van der Waals surface area contributed by atoms with E-state index in [1.165, 1.54) is 0 Å². The molecule has 0 N–H and O–H groups in total. The van der Waals surface area contributed by atoms with Gasteiger partial charge in [0.15, 0.2) is 0 Å². The molecule has 6 nitrogen and oxygen atoms in total. The van der Waals surface area contributed by atoms with Crippen molar-refractivity contribution in [2.24, 2.45) is 11.8 Å². The zero-order chi connectivity index (χ0) is 17.2. The molecular weight excluding hydrogens is 316 g/mol. The van der Waals surface area contributed by atoms with Crippen LogP contribution in [0.4, 0.5) is 5.82 Å². The van der Waals surface area contributed by atoms with E-state index in [2.05, 4.69) is 9.88 Å². The molecule has 1 saturated carbocycles. The maximum Gasteiger partial charge on any atom is 0.227 e. The van der Waals surface area contributed by atoms with Crippen LogP contribution in [-0.4, -0.2) is 65.9 Å². The minimum absolute atomic E-state index is 0.0159. The molecule has 1 aromatic rings. The van der Waals surface area contributed by atoms with Crippen LogP contribution in [0.5, 0.6) is 0 Å². The summed E-state index contributed by atoms with van der Waals surface area (Å²) >= 11 is 0. The summed E-state index contributed by atoms with van der Waals surface area (Å²) in [5.74, 6) is 1.72. The quantitative estimate of drug-likeness (QED) is 0.833. The van der Waals surface area contributed by atoms with E-state index in [0.717, 1.165) is 64.2 Å². The molecule has 6 heteroatoms. The average Bonchev–Trinajstić information content (AvgIpc) is 3.53. The number of likely N-dealkylation sites (tertiary alicyclic amines) is 1. The van der Waals surface area contributed by atoms with Gasteiger partial charge in [-0.3, -0.25) is 9.59 Å². The van der Waals surface area contributed by atoms with E-state index in [1.807, 2.05) is 28.0 Å². The molecule has 3 heterocycles. The van der Waals surface area contributed by atoms with Gasteiger partial charge in [0, 0.05) is 51.4 Å². The number of carbonyl (C=O) groups excluding carboxylic acids is 2. The van der Waals surface area contributed by atoms with E-state index in [-0.39, 0.29) is 23.7 Å². The largest absolute Gasteiger partial charge is 0.353 e. The molecular formula is C19H26N4O2. The smallest absolute Gasteiger partial charge is 0.227 e. The van der Waals surface area contributed by atoms with Crippen LogP contribution in [0.3, 0.4) is 0 Å². The predicted molar refractivity (Wildman–Crippen MR) is 95.1 cm³/mol. The second-order valence-corrected chi connectivity index (χ2v) is 7.40. The lowest BCUT2D eigenvalue weighted by atomic mass is 9.95. The van der Waals surface area contributed by atoms with Crippen molar-refractivity contribution in [3.05, 3.63) is 24.4 Å². The number of piperazine rings is 1. The Morgan fingerprint density at radius 2 is 1.64 bits per heavy atom. The first-order chi connectivity index (χ1) is 12.2. The Kier molecular flexibility index (Phi) is 4.59. The van der Waals surface area contributed by atoms with E-state index >= 15 is 0 Å². The Bertz CT molecular complexity index is 624. The lowest BCUT2D eigenvalue weighted by molar-refractivity contribution is -0.141. The molecule has 0 unspecified atom stereocenters. The van der Waals surface area contributed by atoms with Gasteiger partial charge in [0.25, 0.3) is 0 Å². The summed E-state index contributed by atoms with van der Waals surface area (Å²) in [6.45, 7) is 4.56. The van der Waals surface area contributed by atoms with Gasteiger partial charge in [0.1, 0.15) is 5.82 Å². The third-order valence-electron chi connectivity index (χ3n) is 5.57. The van der Waals surface area contributed by atoms with Crippen LogP contribution >= 0.6 is 0 Å². The van der Waals surface area contributed by atoms with Crippen LogP contribution in [0, 0.1) is 11.8 Å². The zero-order valence-corrected chi connectivity index (χ0v) is 14.6. The summed E-state index contributed by atoms with van der Waals surface area (Å²) in [6.07, 6.45) is 5.73. The number of piperidine rings is 1. The highest BCUT2D eigenvalue weighted by Crippen LogP contribution is 2.32. The lowest BCUT2D eigenvalue weighted by Crippen LogP contribution is -2.53. The first kappa shape index (κ1) is 16.4. The Hall–Kier alpha value is -2.11. The number of hydrogen-bond acceptors (Lipinski definition) is 4. The predicted octanol–water partition coefficient (Wildman–Crippen LogP) is 1.38. The standard InChI is InChI=1S/C19H26N4O2/c24-18(15-6-7-15)23-9-3-4-16(14-23)19(25)22-12-10-21(11-13-22)17-5-1-2-8-20-17/h1-2,5,8,15-16H,3-4,6-7,9-14H2/t16-/m1/s1. The van der Waals surface area contributed by atoms with Gasteiger partial charge in [-0.2, -0.15) is 0 Å². The summed E-state index contributed by atoms with van der Waals surface area (Å²) < 4.78 is 0. The van der Waals surface area contributed by atoms with Gasteiger partial charge in [-0.05, 0) is 37.8 Å². The topological polar surface area (TPSA) is 56.8 Å². The second-order valence-electron chi connectivity index (χ2n) is 7.40. The third kappa shape index (κ3) is 3.62. The summed E-state index contributed by atoms with van der Waals surface area (Å²) in [5.41, 5.74) is 0. The van der Waals surface area contributed by atoms with E-state index in [0.29, 0.717) is 6.54 Å². The van der Waals surface area contributed by atoms with Gasteiger partial charge in [0.2, 0.25) is 11.8 Å². The van der Waals surface area contributed by atoms with E-state index in [1.54, 1.807) is 6.20 Å². The van der Waals surface area contributed by atoms with Crippen molar-refractivity contribution in [2.75, 3.05) is 44.2 Å². The second kappa shape index (κ2) is 7.02. The van der Waals surface area contributed by atoms with Gasteiger partial charge >= 0.3 is 0 Å². The van der Waals surface area contributed by atoms with Crippen LogP contribution in [0.15, 0.2) is 24.4 Å². The fourth-order valence-electron chi connectivity index (χ4n) is 3.92. The molecule has 25 heavy (non-hydrogen) atoms. The van der Waals surface area contributed by atoms with Crippen molar-refractivity contribution in [1.29, 1.82) is 0 Å². The fraction of sp³-hybridized carbons (Fsp3) is 0.632. The molecule has 0 radical (unpaired) electrons. The van der Waals surface area contributed by atoms with Crippen molar-refractivity contribution < 1.29 is 9.59 Å². The Morgan fingerprint density at radius 1 is 0.880 bits per heavy atom. The Morgan fingerprint density at radius 3 is 2.32 bits per heavy atom. The molecule has 2 aliphatic heterocycles. The van der Waals surface area contributed by atoms with Crippen LogP contribution in [0.1, 0.15) is 25.7 Å². The van der Waals surface area contributed by atoms with E-state index in [4.69, 9.17) is 0 Å². The number of pyridine rings is 1. The number of nitrogens with zero attached hydrogens (tertiary/aromatic N) is 4. The molecule has 2 amide bonds. The monoisotopic (exact) mass is 342 g/mol. The fourth-order valence-corrected chi connectivity index (χ4v) is 3.92. The number of carbonyl (C=O) groups is 2. The molecule has 3 fully saturated rings. The van der Waals surface area contributed by atoms with Gasteiger partial charge < -0.3 is 14.7 Å². The molecule has 4 rings (SSSR count). The molecule has 1 atom stereocenters. The Labute approximate surface area is 148 Å². The highest BCUT2D eigenvalue weighted by molar-refractivity contribution is 5.83. The SMILES string of the molecule is O=C(C1CC1)N1CCC[C@@H](C(=O)N2CCN(c3ccccn3)CC2)C1.